The molecule has 0 spiro atoms. The first-order chi connectivity index (χ1) is 8.61. The second-order valence-corrected chi connectivity index (χ2v) is 6.42. The van der Waals surface area contributed by atoms with Crippen molar-refractivity contribution in [2.24, 2.45) is 11.7 Å². The van der Waals surface area contributed by atoms with Gasteiger partial charge in [-0.15, -0.1) is 0 Å². The highest BCUT2D eigenvalue weighted by molar-refractivity contribution is 5.79. The van der Waals surface area contributed by atoms with Gasteiger partial charge in [-0.25, -0.2) is 0 Å². The molecule has 0 saturated carbocycles. The summed E-state index contributed by atoms with van der Waals surface area (Å²) in [5.74, 6) is -1.52. The third-order valence-electron chi connectivity index (χ3n) is 3.72. The maximum absolute atomic E-state index is 11.2. The lowest BCUT2D eigenvalue weighted by atomic mass is 9.87. The van der Waals surface area contributed by atoms with E-state index >= 15 is 0 Å². The predicted molar refractivity (Wildman–Crippen MR) is 67.2 cm³/mol. The van der Waals surface area contributed by atoms with Crippen molar-refractivity contribution in [1.82, 2.24) is 0 Å². The molecule has 0 aliphatic carbocycles. The molecule has 4 unspecified atom stereocenters. The van der Waals surface area contributed by atoms with Gasteiger partial charge in [0.1, 0.15) is 0 Å². The lowest BCUT2D eigenvalue weighted by Crippen LogP contribution is -2.45. The van der Waals surface area contributed by atoms with E-state index in [4.69, 9.17) is 19.9 Å². The van der Waals surface area contributed by atoms with Crippen molar-refractivity contribution < 1.29 is 24.1 Å². The number of carbonyl (C=O) groups excluding carboxylic acids is 1. The highest BCUT2D eigenvalue weighted by atomic mass is 16.7. The molecule has 2 rings (SSSR count). The van der Waals surface area contributed by atoms with Gasteiger partial charge in [-0.2, -0.15) is 0 Å². The van der Waals surface area contributed by atoms with Crippen molar-refractivity contribution in [2.45, 2.75) is 63.8 Å². The second-order valence-electron chi connectivity index (χ2n) is 6.42. The lowest BCUT2D eigenvalue weighted by Gasteiger charge is -2.26. The molecule has 0 aromatic carbocycles. The summed E-state index contributed by atoms with van der Waals surface area (Å²) in [5.41, 5.74) is 4.76. The van der Waals surface area contributed by atoms with Gasteiger partial charge in [0.05, 0.1) is 24.4 Å². The third kappa shape index (κ3) is 3.08. The number of ether oxygens (including phenoxy) is 3. The van der Waals surface area contributed by atoms with E-state index in [1.807, 2.05) is 27.7 Å². The van der Waals surface area contributed by atoms with Crippen molar-refractivity contribution in [2.75, 3.05) is 6.61 Å². The van der Waals surface area contributed by atoms with Gasteiger partial charge >= 0.3 is 0 Å². The Hall–Kier alpha value is -0.690. The van der Waals surface area contributed by atoms with Crippen LogP contribution in [0.1, 0.15) is 34.1 Å². The van der Waals surface area contributed by atoms with Gasteiger partial charge in [-0.1, -0.05) is 0 Å². The average molecular weight is 273 g/mol. The first kappa shape index (κ1) is 14.7. The molecule has 2 aliphatic heterocycles. The van der Waals surface area contributed by atoms with Crippen LogP contribution in [0.25, 0.3) is 0 Å². The van der Waals surface area contributed by atoms with Crippen LogP contribution in [0.2, 0.25) is 0 Å². The molecule has 6 nitrogen and oxygen atoms in total. The maximum atomic E-state index is 11.2. The number of hydrogen-bond acceptors (Lipinski definition) is 5. The summed E-state index contributed by atoms with van der Waals surface area (Å²) in [4.78, 5) is 11.2. The summed E-state index contributed by atoms with van der Waals surface area (Å²) in [6, 6.07) is 0. The molecule has 6 heteroatoms. The maximum Gasteiger partial charge on any atom is 0.248 e. The Morgan fingerprint density at radius 3 is 2.42 bits per heavy atom. The highest BCUT2D eigenvalue weighted by Crippen LogP contribution is 2.42. The fraction of sp³-hybridized carbons (Fsp3) is 0.923. The largest absolute Gasteiger partial charge is 0.381 e. The zero-order chi connectivity index (χ0) is 14.4. The fourth-order valence-electron chi connectivity index (χ4n) is 2.92. The standard InChI is InChI=1S/C13H23NO5/c1-12(2)5-7(8-6-17-13(3,4)18-8)10(19-12)9(15)11(14)16/h7-10,15H,5-6H2,1-4H3,(H2,14,16). The monoisotopic (exact) mass is 273 g/mol. The summed E-state index contributed by atoms with van der Waals surface area (Å²) >= 11 is 0. The SMILES string of the molecule is CC1(C)CC(C2COC(C)(C)O2)C(C(O)C(N)=O)O1. The van der Waals surface area contributed by atoms with Crippen molar-refractivity contribution in [1.29, 1.82) is 0 Å². The Balaban J connectivity index is 2.15. The topological polar surface area (TPSA) is 91.0 Å². The van der Waals surface area contributed by atoms with Crippen LogP contribution < -0.4 is 5.73 Å². The molecular formula is C13H23NO5. The Kier molecular flexibility index (Phi) is 3.64. The molecule has 1 amide bonds. The molecule has 0 bridgehead atoms. The number of hydrogen-bond donors (Lipinski definition) is 2. The second kappa shape index (κ2) is 4.70. The minimum absolute atomic E-state index is 0.112. The number of aliphatic hydroxyl groups is 1. The lowest BCUT2D eigenvalue weighted by molar-refractivity contribution is -0.155. The van der Waals surface area contributed by atoms with Crippen LogP contribution in [0.15, 0.2) is 0 Å². The van der Waals surface area contributed by atoms with E-state index in [9.17, 15) is 9.90 Å². The minimum atomic E-state index is -1.32. The zero-order valence-electron chi connectivity index (χ0n) is 11.9. The van der Waals surface area contributed by atoms with E-state index in [0.717, 1.165) is 0 Å². The van der Waals surface area contributed by atoms with E-state index in [1.165, 1.54) is 0 Å². The Morgan fingerprint density at radius 1 is 1.32 bits per heavy atom. The number of amides is 1. The molecule has 0 radical (unpaired) electrons. The van der Waals surface area contributed by atoms with Gasteiger partial charge < -0.3 is 25.1 Å². The van der Waals surface area contributed by atoms with Crippen molar-refractivity contribution >= 4 is 5.91 Å². The molecule has 3 N–H and O–H groups in total. The summed E-state index contributed by atoms with van der Waals surface area (Å²) in [7, 11) is 0. The fourth-order valence-corrected chi connectivity index (χ4v) is 2.92. The van der Waals surface area contributed by atoms with Crippen LogP contribution in [0.5, 0.6) is 0 Å². The molecule has 19 heavy (non-hydrogen) atoms. The molecule has 2 heterocycles. The zero-order valence-corrected chi connectivity index (χ0v) is 11.9. The van der Waals surface area contributed by atoms with Crippen LogP contribution >= 0.6 is 0 Å². The van der Waals surface area contributed by atoms with E-state index in [1.54, 1.807) is 0 Å². The molecule has 0 aromatic heterocycles. The number of carbonyl (C=O) groups is 1. The van der Waals surface area contributed by atoms with E-state index in [-0.39, 0.29) is 12.0 Å². The molecule has 2 fully saturated rings. The van der Waals surface area contributed by atoms with Crippen molar-refractivity contribution in [3.8, 4) is 0 Å². The van der Waals surface area contributed by atoms with Gasteiger partial charge in [0, 0.05) is 5.92 Å². The Labute approximate surface area is 113 Å². The van der Waals surface area contributed by atoms with Gasteiger partial charge in [-0.3, -0.25) is 4.79 Å². The molecule has 4 atom stereocenters. The van der Waals surface area contributed by atoms with Crippen LogP contribution in [-0.2, 0) is 19.0 Å². The first-order valence-corrected chi connectivity index (χ1v) is 6.58. The molecular weight excluding hydrogens is 250 g/mol. The molecule has 0 aromatic rings. The molecule has 2 aliphatic rings. The smallest absolute Gasteiger partial charge is 0.248 e. The van der Waals surface area contributed by atoms with Crippen molar-refractivity contribution in [3.63, 3.8) is 0 Å². The summed E-state index contributed by atoms with van der Waals surface area (Å²) < 4.78 is 17.1. The van der Waals surface area contributed by atoms with Crippen LogP contribution in [0.3, 0.4) is 0 Å². The third-order valence-corrected chi connectivity index (χ3v) is 3.72. The van der Waals surface area contributed by atoms with E-state index in [2.05, 4.69) is 0 Å². The van der Waals surface area contributed by atoms with Gasteiger partial charge in [0.25, 0.3) is 0 Å². The summed E-state index contributed by atoms with van der Waals surface area (Å²) in [5, 5.41) is 9.92. The molecule has 110 valence electrons. The van der Waals surface area contributed by atoms with Crippen LogP contribution in [0, 0.1) is 5.92 Å². The van der Waals surface area contributed by atoms with E-state index < -0.39 is 29.5 Å². The van der Waals surface area contributed by atoms with Gasteiger partial charge in [0.15, 0.2) is 11.9 Å². The normalized spacial score (nSPS) is 38.3. The van der Waals surface area contributed by atoms with Gasteiger partial charge in [0.2, 0.25) is 5.91 Å². The highest BCUT2D eigenvalue weighted by Gasteiger charge is 2.51. The molecule has 2 saturated heterocycles. The quantitative estimate of drug-likeness (QED) is 0.764. The summed E-state index contributed by atoms with van der Waals surface area (Å²) in [6.45, 7) is 7.96. The van der Waals surface area contributed by atoms with Crippen LogP contribution in [-0.4, -0.2) is 47.3 Å². The Bertz CT molecular complexity index is 368. The van der Waals surface area contributed by atoms with E-state index in [0.29, 0.717) is 13.0 Å². The van der Waals surface area contributed by atoms with Gasteiger partial charge in [-0.05, 0) is 34.1 Å². The average Bonchev–Trinajstić information content (AvgIpc) is 2.77. The van der Waals surface area contributed by atoms with Crippen molar-refractivity contribution in [3.05, 3.63) is 0 Å². The minimum Gasteiger partial charge on any atom is -0.381 e. The number of rotatable bonds is 3. The number of primary amides is 1. The predicted octanol–water partition coefficient (Wildman–Crippen LogP) is 0.168. The van der Waals surface area contributed by atoms with Crippen LogP contribution in [0.4, 0.5) is 0 Å². The Morgan fingerprint density at radius 2 is 1.95 bits per heavy atom. The summed E-state index contributed by atoms with van der Waals surface area (Å²) in [6.07, 6.45) is -1.48. The first-order valence-electron chi connectivity index (χ1n) is 6.58. The number of aliphatic hydroxyl groups excluding tert-OH is 1. The number of nitrogens with two attached hydrogens (primary N) is 1.